The van der Waals surface area contributed by atoms with Crippen LogP contribution in [0.5, 0.6) is 0 Å². The molecule has 2 aromatic rings. The van der Waals surface area contributed by atoms with E-state index in [1.165, 1.54) is 0 Å². The van der Waals surface area contributed by atoms with Gasteiger partial charge in [-0.25, -0.2) is 0 Å². The van der Waals surface area contributed by atoms with Gasteiger partial charge >= 0.3 is 0 Å². The van der Waals surface area contributed by atoms with E-state index in [1.807, 2.05) is 25.1 Å². The lowest BCUT2D eigenvalue weighted by molar-refractivity contribution is -0.132. The molecular weight excluding hydrogens is 390 g/mol. The van der Waals surface area contributed by atoms with Gasteiger partial charge in [0.1, 0.15) is 0 Å². The molecule has 0 atom stereocenters. The molecule has 0 bridgehead atoms. The molecule has 0 saturated carbocycles. The molecule has 7 heteroatoms. The van der Waals surface area contributed by atoms with Crippen molar-refractivity contribution in [3.8, 4) is 0 Å². The third-order valence-electron chi connectivity index (χ3n) is 5.02. The summed E-state index contributed by atoms with van der Waals surface area (Å²) in [5.41, 5.74) is 2.11. The molecule has 1 aliphatic heterocycles. The molecule has 0 spiro atoms. The molecule has 1 saturated heterocycles. The predicted octanol–water partition coefficient (Wildman–Crippen LogP) is 2.75. The van der Waals surface area contributed by atoms with Crippen molar-refractivity contribution in [2.45, 2.75) is 13.3 Å². The topological polar surface area (TPSA) is 69.7 Å². The normalized spacial score (nSPS) is 13.9. The van der Waals surface area contributed by atoms with Crippen LogP contribution in [0, 0.1) is 6.92 Å². The number of nitrogens with zero attached hydrogens (tertiary/aromatic N) is 2. The zero-order valence-corrected chi connectivity index (χ0v) is 17.1. The van der Waals surface area contributed by atoms with Crippen molar-refractivity contribution in [2.24, 2.45) is 0 Å². The molecule has 3 rings (SSSR count). The first kappa shape index (κ1) is 20.9. The second-order valence-electron chi connectivity index (χ2n) is 7.00. The fraction of sp³-hybridized carbons (Fsp3) is 0.318. The number of amides is 3. The summed E-state index contributed by atoms with van der Waals surface area (Å²) in [6.45, 7) is 4.13. The van der Waals surface area contributed by atoms with Gasteiger partial charge in [-0.1, -0.05) is 29.8 Å². The van der Waals surface area contributed by atoms with Crippen LogP contribution in [0.1, 0.15) is 32.7 Å². The highest BCUT2D eigenvalue weighted by Crippen LogP contribution is 2.13. The largest absolute Gasteiger partial charge is 0.352 e. The number of carbonyl (C=O) groups is 3. The predicted molar refractivity (Wildman–Crippen MR) is 112 cm³/mol. The second kappa shape index (κ2) is 9.56. The van der Waals surface area contributed by atoms with Gasteiger partial charge in [-0.3, -0.25) is 14.4 Å². The second-order valence-corrected chi connectivity index (χ2v) is 7.44. The van der Waals surface area contributed by atoms with Crippen LogP contribution in [0.2, 0.25) is 5.02 Å². The number of carbonyl (C=O) groups excluding carboxylic acids is 3. The Morgan fingerprint density at radius 1 is 0.931 bits per heavy atom. The van der Waals surface area contributed by atoms with Gasteiger partial charge in [-0.05, 0) is 42.8 Å². The number of aryl methyl sites for hydroxylation is 1. The Morgan fingerprint density at radius 3 is 2.21 bits per heavy atom. The third kappa shape index (κ3) is 5.35. The number of rotatable bonds is 5. The first-order valence-electron chi connectivity index (χ1n) is 9.62. The minimum atomic E-state index is -0.172. The Kier molecular flexibility index (Phi) is 6.88. The first-order valence-corrected chi connectivity index (χ1v) is 10.00. The van der Waals surface area contributed by atoms with Crippen molar-refractivity contribution in [2.75, 3.05) is 32.7 Å². The van der Waals surface area contributed by atoms with Crippen LogP contribution in [0.3, 0.4) is 0 Å². The first-order chi connectivity index (χ1) is 14.0. The number of nitrogens with one attached hydrogen (secondary N) is 1. The molecule has 0 aliphatic carbocycles. The molecule has 1 N–H and O–H groups in total. The van der Waals surface area contributed by atoms with Gasteiger partial charge in [0.05, 0.1) is 0 Å². The van der Waals surface area contributed by atoms with Crippen molar-refractivity contribution >= 4 is 29.3 Å². The van der Waals surface area contributed by atoms with Gasteiger partial charge in [0, 0.05) is 55.3 Å². The summed E-state index contributed by atoms with van der Waals surface area (Å²) in [4.78, 5) is 40.6. The SMILES string of the molecule is Cc1ccccc1C(=O)NCCC(=O)N1CCN(C(=O)c2ccc(Cl)cc2)CC1. The zero-order chi connectivity index (χ0) is 20.8. The number of benzene rings is 2. The van der Waals surface area contributed by atoms with Crippen molar-refractivity contribution in [1.82, 2.24) is 15.1 Å². The van der Waals surface area contributed by atoms with Crippen molar-refractivity contribution < 1.29 is 14.4 Å². The van der Waals surface area contributed by atoms with E-state index in [0.29, 0.717) is 42.3 Å². The maximum Gasteiger partial charge on any atom is 0.253 e. The maximum absolute atomic E-state index is 12.5. The lowest BCUT2D eigenvalue weighted by Gasteiger charge is -2.35. The summed E-state index contributed by atoms with van der Waals surface area (Å²) < 4.78 is 0. The highest BCUT2D eigenvalue weighted by molar-refractivity contribution is 6.30. The Morgan fingerprint density at radius 2 is 1.55 bits per heavy atom. The van der Waals surface area contributed by atoms with Gasteiger partial charge in [-0.2, -0.15) is 0 Å². The van der Waals surface area contributed by atoms with E-state index >= 15 is 0 Å². The average Bonchev–Trinajstić information content (AvgIpc) is 2.74. The Hall–Kier alpha value is -2.86. The number of halogens is 1. The highest BCUT2D eigenvalue weighted by atomic mass is 35.5. The van der Waals surface area contributed by atoms with Gasteiger partial charge < -0.3 is 15.1 Å². The molecule has 3 amide bonds. The summed E-state index contributed by atoms with van der Waals surface area (Å²) >= 11 is 5.86. The number of hydrogen-bond acceptors (Lipinski definition) is 3. The molecule has 0 aromatic heterocycles. The van der Waals surface area contributed by atoms with E-state index in [9.17, 15) is 14.4 Å². The summed E-state index contributed by atoms with van der Waals surface area (Å²) in [7, 11) is 0. The molecule has 0 unspecified atom stereocenters. The number of piperazine rings is 1. The van der Waals surface area contributed by atoms with E-state index in [-0.39, 0.29) is 30.7 Å². The minimum Gasteiger partial charge on any atom is -0.352 e. The molecule has 6 nitrogen and oxygen atoms in total. The van der Waals surface area contributed by atoms with E-state index in [4.69, 9.17) is 11.6 Å². The van der Waals surface area contributed by atoms with Crippen molar-refractivity contribution in [1.29, 1.82) is 0 Å². The van der Waals surface area contributed by atoms with Gasteiger partial charge in [0.25, 0.3) is 11.8 Å². The highest BCUT2D eigenvalue weighted by Gasteiger charge is 2.24. The van der Waals surface area contributed by atoms with Crippen LogP contribution < -0.4 is 5.32 Å². The molecule has 2 aromatic carbocycles. The van der Waals surface area contributed by atoms with Crippen LogP contribution in [-0.2, 0) is 4.79 Å². The van der Waals surface area contributed by atoms with Gasteiger partial charge in [-0.15, -0.1) is 0 Å². The van der Waals surface area contributed by atoms with E-state index in [1.54, 1.807) is 40.1 Å². The molecule has 0 radical (unpaired) electrons. The monoisotopic (exact) mass is 413 g/mol. The lowest BCUT2D eigenvalue weighted by atomic mass is 10.1. The average molecular weight is 414 g/mol. The Balaban J connectivity index is 1.43. The minimum absolute atomic E-state index is 0.0197. The summed E-state index contributed by atoms with van der Waals surface area (Å²) in [5.74, 6) is -0.248. The van der Waals surface area contributed by atoms with Crippen LogP contribution in [0.15, 0.2) is 48.5 Å². The van der Waals surface area contributed by atoms with Crippen LogP contribution in [-0.4, -0.2) is 60.2 Å². The van der Waals surface area contributed by atoms with Crippen molar-refractivity contribution in [3.05, 3.63) is 70.2 Å². The lowest BCUT2D eigenvalue weighted by Crippen LogP contribution is -2.51. The van der Waals surface area contributed by atoms with Crippen LogP contribution >= 0.6 is 11.6 Å². The molecule has 1 aliphatic rings. The maximum atomic E-state index is 12.5. The van der Waals surface area contributed by atoms with E-state index in [2.05, 4.69) is 5.32 Å². The molecule has 1 fully saturated rings. The Labute approximate surface area is 175 Å². The van der Waals surface area contributed by atoms with E-state index in [0.717, 1.165) is 5.56 Å². The molecule has 29 heavy (non-hydrogen) atoms. The van der Waals surface area contributed by atoms with Gasteiger partial charge in [0.15, 0.2) is 0 Å². The van der Waals surface area contributed by atoms with E-state index < -0.39 is 0 Å². The van der Waals surface area contributed by atoms with Crippen LogP contribution in [0.25, 0.3) is 0 Å². The Bertz CT molecular complexity index is 890. The zero-order valence-electron chi connectivity index (χ0n) is 16.4. The van der Waals surface area contributed by atoms with Gasteiger partial charge in [0.2, 0.25) is 5.91 Å². The van der Waals surface area contributed by atoms with Crippen molar-refractivity contribution in [3.63, 3.8) is 0 Å². The summed E-state index contributed by atoms with van der Waals surface area (Å²) in [6.07, 6.45) is 0.239. The smallest absolute Gasteiger partial charge is 0.253 e. The fourth-order valence-corrected chi connectivity index (χ4v) is 3.42. The third-order valence-corrected chi connectivity index (χ3v) is 5.28. The number of hydrogen-bond donors (Lipinski definition) is 1. The quantitative estimate of drug-likeness (QED) is 0.819. The molecule has 1 heterocycles. The molecular formula is C22H24ClN3O3. The summed E-state index contributed by atoms with van der Waals surface area (Å²) in [6, 6.07) is 14.2. The summed E-state index contributed by atoms with van der Waals surface area (Å²) in [5, 5.41) is 3.39. The fourth-order valence-electron chi connectivity index (χ4n) is 3.30. The standard InChI is InChI=1S/C22H24ClN3O3/c1-16-4-2-3-5-19(16)21(28)24-11-10-20(27)25-12-14-26(15-13-25)22(29)17-6-8-18(23)9-7-17/h2-9H,10-15H2,1H3,(H,24,28). The molecule has 152 valence electrons. The van der Waals surface area contributed by atoms with Crippen LogP contribution in [0.4, 0.5) is 0 Å².